The molecule has 3 nitrogen and oxygen atoms in total. The first-order chi connectivity index (χ1) is 9.97. The van der Waals surface area contributed by atoms with Crippen LogP contribution in [0.2, 0.25) is 0 Å². The third kappa shape index (κ3) is 5.06. The Morgan fingerprint density at radius 3 is 2.52 bits per heavy atom. The van der Waals surface area contributed by atoms with Crippen molar-refractivity contribution < 1.29 is 5.11 Å². The lowest BCUT2D eigenvalue weighted by atomic mass is 9.97. The van der Waals surface area contributed by atoms with E-state index in [4.69, 9.17) is 0 Å². The number of nitrogens with zero attached hydrogens (tertiary/aromatic N) is 2. The monoisotopic (exact) mass is 310 g/mol. The Balaban J connectivity index is 1.90. The maximum absolute atomic E-state index is 9.59. The molecule has 2 atom stereocenters. The highest BCUT2D eigenvalue weighted by molar-refractivity contribution is 7.11. The van der Waals surface area contributed by atoms with Gasteiger partial charge in [0.25, 0.3) is 0 Å². The highest BCUT2D eigenvalue weighted by Gasteiger charge is 2.32. The minimum Gasteiger partial charge on any atom is -0.396 e. The Labute approximate surface area is 133 Å². The summed E-state index contributed by atoms with van der Waals surface area (Å²) in [4.78, 5) is 7.72. The first-order valence-electron chi connectivity index (χ1n) is 8.03. The molecule has 1 aliphatic heterocycles. The second-order valence-corrected chi connectivity index (χ2v) is 8.38. The van der Waals surface area contributed by atoms with Gasteiger partial charge in [-0.25, -0.2) is 0 Å². The van der Waals surface area contributed by atoms with E-state index in [0.29, 0.717) is 18.4 Å². The van der Waals surface area contributed by atoms with Gasteiger partial charge in [0.2, 0.25) is 0 Å². The van der Waals surface area contributed by atoms with E-state index in [1.165, 1.54) is 16.2 Å². The highest BCUT2D eigenvalue weighted by atomic mass is 32.1. The standard InChI is InChI=1S/C17H30N2OS/c1-13(2)7-16-5-6-17(21-16)11-19-9-14(8-18(3)4)15(10-19)12-20/h5-6,13-15,20H,7-12H2,1-4H3/t14-,15-/m1/s1. The first kappa shape index (κ1) is 16.9. The summed E-state index contributed by atoms with van der Waals surface area (Å²) >= 11 is 1.96. The molecule has 2 heterocycles. The molecule has 1 aromatic rings. The predicted molar refractivity (Wildman–Crippen MR) is 90.8 cm³/mol. The Morgan fingerprint density at radius 1 is 1.24 bits per heavy atom. The molecule has 0 aromatic carbocycles. The van der Waals surface area contributed by atoms with Crippen LogP contribution in [-0.2, 0) is 13.0 Å². The summed E-state index contributed by atoms with van der Waals surface area (Å²) in [5.41, 5.74) is 0. The lowest BCUT2D eigenvalue weighted by molar-refractivity contribution is 0.183. The van der Waals surface area contributed by atoms with Crippen molar-refractivity contribution in [3.63, 3.8) is 0 Å². The molecule has 1 aliphatic rings. The molecule has 0 amide bonds. The van der Waals surface area contributed by atoms with Gasteiger partial charge >= 0.3 is 0 Å². The molecule has 0 spiro atoms. The van der Waals surface area contributed by atoms with Gasteiger partial charge in [0.05, 0.1) is 0 Å². The van der Waals surface area contributed by atoms with Gasteiger partial charge in [-0.05, 0) is 50.4 Å². The van der Waals surface area contributed by atoms with E-state index < -0.39 is 0 Å². The summed E-state index contributed by atoms with van der Waals surface area (Å²) in [6, 6.07) is 4.58. The van der Waals surface area contributed by atoms with Gasteiger partial charge in [-0.3, -0.25) is 4.90 Å². The molecule has 0 saturated carbocycles. The molecule has 1 saturated heterocycles. The fourth-order valence-corrected chi connectivity index (χ4v) is 4.56. The third-order valence-corrected chi connectivity index (χ3v) is 5.28. The van der Waals surface area contributed by atoms with Crippen molar-refractivity contribution in [1.82, 2.24) is 9.80 Å². The summed E-state index contributed by atoms with van der Waals surface area (Å²) in [6.45, 7) is 9.13. The van der Waals surface area contributed by atoms with E-state index in [1.54, 1.807) is 0 Å². The van der Waals surface area contributed by atoms with E-state index in [9.17, 15) is 5.11 Å². The average Bonchev–Trinajstić information content (AvgIpc) is 2.95. The van der Waals surface area contributed by atoms with Crippen LogP contribution >= 0.6 is 11.3 Å². The summed E-state index contributed by atoms with van der Waals surface area (Å²) in [5, 5.41) is 9.59. The van der Waals surface area contributed by atoms with Gasteiger partial charge in [0, 0.05) is 42.5 Å². The van der Waals surface area contributed by atoms with Gasteiger partial charge in [-0.15, -0.1) is 11.3 Å². The van der Waals surface area contributed by atoms with Crippen LogP contribution in [0.3, 0.4) is 0 Å². The predicted octanol–water partition coefficient (Wildman–Crippen LogP) is 2.55. The van der Waals surface area contributed by atoms with Crippen LogP contribution in [0.5, 0.6) is 0 Å². The lowest BCUT2D eigenvalue weighted by Gasteiger charge is -2.20. The summed E-state index contributed by atoms with van der Waals surface area (Å²) in [5.74, 6) is 1.76. The van der Waals surface area contributed by atoms with Crippen LogP contribution in [0.1, 0.15) is 23.6 Å². The SMILES string of the molecule is CC(C)Cc1ccc(CN2C[C@@H](CN(C)C)[C@@H](CO)C2)s1. The molecule has 1 aromatic heterocycles. The number of thiophene rings is 1. The van der Waals surface area contributed by atoms with Crippen molar-refractivity contribution in [2.45, 2.75) is 26.8 Å². The van der Waals surface area contributed by atoms with Gasteiger partial charge in [0.15, 0.2) is 0 Å². The van der Waals surface area contributed by atoms with Gasteiger partial charge in [-0.1, -0.05) is 13.8 Å². The lowest BCUT2D eigenvalue weighted by Crippen LogP contribution is -2.28. The quantitative estimate of drug-likeness (QED) is 0.838. The fourth-order valence-electron chi connectivity index (χ4n) is 3.29. The molecule has 21 heavy (non-hydrogen) atoms. The minimum absolute atomic E-state index is 0.318. The summed E-state index contributed by atoms with van der Waals surface area (Å²) < 4.78 is 0. The van der Waals surface area contributed by atoms with Crippen LogP contribution in [0.4, 0.5) is 0 Å². The second-order valence-electron chi connectivity index (χ2n) is 7.13. The normalized spacial score (nSPS) is 23.6. The third-order valence-electron chi connectivity index (χ3n) is 4.19. The topological polar surface area (TPSA) is 26.7 Å². The molecule has 0 radical (unpaired) electrons. The summed E-state index contributed by atoms with van der Waals surface area (Å²) in [6.07, 6.45) is 1.19. The van der Waals surface area contributed by atoms with Gasteiger partial charge < -0.3 is 10.0 Å². The first-order valence-corrected chi connectivity index (χ1v) is 8.85. The van der Waals surface area contributed by atoms with Crippen LogP contribution < -0.4 is 0 Å². The zero-order chi connectivity index (χ0) is 15.4. The van der Waals surface area contributed by atoms with Crippen LogP contribution in [0.15, 0.2) is 12.1 Å². The van der Waals surface area contributed by atoms with Crippen molar-refractivity contribution in [3.05, 3.63) is 21.9 Å². The van der Waals surface area contributed by atoms with E-state index in [2.05, 4.69) is 49.9 Å². The van der Waals surface area contributed by atoms with Gasteiger partial charge in [0.1, 0.15) is 0 Å². The molecule has 0 aliphatic carbocycles. The molecular formula is C17H30N2OS. The zero-order valence-electron chi connectivity index (χ0n) is 13.9. The average molecular weight is 311 g/mol. The Kier molecular flexibility index (Phi) is 6.23. The smallest absolute Gasteiger partial charge is 0.0475 e. The van der Waals surface area contributed by atoms with Crippen molar-refractivity contribution in [1.29, 1.82) is 0 Å². The Bertz CT molecular complexity index is 430. The molecule has 1 N–H and O–H groups in total. The van der Waals surface area contributed by atoms with Crippen LogP contribution in [0, 0.1) is 17.8 Å². The van der Waals surface area contributed by atoms with E-state index in [1.807, 2.05) is 11.3 Å². The number of hydrogen-bond donors (Lipinski definition) is 1. The minimum atomic E-state index is 0.318. The zero-order valence-corrected chi connectivity index (χ0v) is 14.7. The Morgan fingerprint density at radius 2 is 1.90 bits per heavy atom. The van der Waals surface area contributed by atoms with Crippen molar-refractivity contribution >= 4 is 11.3 Å². The number of hydrogen-bond acceptors (Lipinski definition) is 4. The fraction of sp³-hybridized carbons (Fsp3) is 0.765. The molecule has 1 fully saturated rings. The molecule has 4 heteroatoms. The number of likely N-dealkylation sites (tertiary alicyclic amines) is 1. The van der Waals surface area contributed by atoms with Crippen LogP contribution in [-0.4, -0.2) is 55.2 Å². The molecule has 0 unspecified atom stereocenters. The van der Waals surface area contributed by atoms with E-state index in [0.717, 1.165) is 32.1 Å². The maximum Gasteiger partial charge on any atom is 0.0475 e. The Hall–Kier alpha value is -0.420. The van der Waals surface area contributed by atoms with Gasteiger partial charge in [-0.2, -0.15) is 0 Å². The second kappa shape index (κ2) is 7.73. The van der Waals surface area contributed by atoms with Crippen LogP contribution in [0.25, 0.3) is 0 Å². The molecule has 2 rings (SSSR count). The molecule has 0 bridgehead atoms. The number of rotatable bonds is 7. The molecular weight excluding hydrogens is 280 g/mol. The largest absolute Gasteiger partial charge is 0.396 e. The highest BCUT2D eigenvalue weighted by Crippen LogP contribution is 2.27. The number of aliphatic hydroxyl groups is 1. The van der Waals surface area contributed by atoms with Crippen molar-refractivity contribution in [2.75, 3.05) is 40.3 Å². The molecule has 120 valence electrons. The van der Waals surface area contributed by atoms with E-state index >= 15 is 0 Å². The van der Waals surface area contributed by atoms with E-state index in [-0.39, 0.29) is 0 Å². The summed E-state index contributed by atoms with van der Waals surface area (Å²) in [7, 11) is 4.24. The van der Waals surface area contributed by atoms with Crippen molar-refractivity contribution in [2.24, 2.45) is 17.8 Å². The number of aliphatic hydroxyl groups excluding tert-OH is 1. The maximum atomic E-state index is 9.59. The van der Waals surface area contributed by atoms with Crippen molar-refractivity contribution in [3.8, 4) is 0 Å².